The average molecular weight is 201 g/mol. The van der Waals surface area contributed by atoms with Gasteiger partial charge in [-0.1, -0.05) is 35.5 Å². The zero-order valence-corrected chi connectivity index (χ0v) is 8.43. The molecule has 0 N–H and O–H groups in total. The van der Waals surface area contributed by atoms with Gasteiger partial charge in [-0.25, -0.2) is 0 Å². The van der Waals surface area contributed by atoms with Crippen molar-refractivity contribution in [3.8, 4) is 5.75 Å². The van der Waals surface area contributed by atoms with Crippen LogP contribution in [0.15, 0.2) is 41.6 Å². The van der Waals surface area contributed by atoms with Crippen molar-refractivity contribution in [2.45, 2.75) is 6.54 Å². The Hall–Kier alpha value is -1.90. The number of nitrogens with zero attached hydrogens (tertiary/aromatic N) is 1. The molecule has 0 radical (unpaired) electrons. The molecular formula is C12H11NO2. The average Bonchev–Trinajstić information content (AvgIpc) is 2.30. The molecule has 0 fully saturated rings. The maximum atomic E-state index is 10.4. The molecule has 2 aromatic carbocycles. The summed E-state index contributed by atoms with van der Waals surface area (Å²) in [5.41, 5.74) is 0.852. The fourth-order valence-corrected chi connectivity index (χ4v) is 1.73. The number of ether oxygens (including phenoxy) is 1. The van der Waals surface area contributed by atoms with Crippen LogP contribution in [-0.4, -0.2) is 7.11 Å². The minimum Gasteiger partial charge on any atom is -0.496 e. The van der Waals surface area contributed by atoms with Gasteiger partial charge in [0.15, 0.2) is 0 Å². The van der Waals surface area contributed by atoms with Gasteiger partial charge in [-0.3, -0.25) is 0 Å². The van der Waals surface area contributed by atoms with Gasteiger partial charge in [0.1, 0.15) is 12.3 Å². The summed E-state index contributed by atoms with van der Waals surface area (Å²) in [6.07, 6.45) is 0. The van der Waals surface area contributed by atoms with Crippen molar-refractivity contribution in [3.05, 3.63) is 46.9 Å². The van der Waals surface area contributed by atoms with E-state index in [4.69, 9.17) is 4.74 Å². The molecule has 0 saturated carbocycles. The molecule has 0 spiro atoms. The highest BCUT2D eigenvalue weighted by Crippen LogP contribution is 2.28. The summed E-state index contributed by atoms with van der Waals surface area (Å²) in [6, 6.07) is 11.7. The molecule has 0 unspecified atom stereocenters. The van der Waals surface area contributed by atoms with Crippen LogP contribution >= 0.6 is 0 Å². The Kier molecular flexibility index (Phi) is 2.63. The summed E-state index contributed by atoms with van der Waals surface area (Å²) < 4.78 is 5.21. The normalized spacial score (nSPS) is 10.2. The molecule has 0 bridgehead atoms. The molecule has 2 rings (SSSR count). The highest BCUT2D eigenvalue weighted by atomic mass is 16.5. The fraction of sp³-hybridized carbons (Fsp3) is 0.167. The summed E-state index contributed by atoms with van der Waals surface area (Å²) in [4.78, 5) is 10.4. The van der Waals surface area contributed by atoms with Gasteiger partial charge >= 0.3 is 0 Å². The van der Waals surface area contributed by atoms with E-state index in [1.807, 2.05) is 36.4 Å². The molecule has 76 valence electrons. The first-order chi connectivity index (χ1) is 7.36. The molecule has 2 aromatic rings. The molecule has 0 aromatic heterocycles. The standard InChI is InChI=1S/C12H11NO2/c1-15-12-7-6-9-4-2-3-5-10(9)11(12)8-13-14/h2-7H,8H2,1H3. The Balaban J connectivity index is 2.72. The SMILES string of the molecule is COc1ccc2ccccc2c1CN=O. The van der Waals surface area contributed by atoms with Crippen molar-refractivity contribution in [2.75, 3.05) is 7.11 Å². The predicted octanol–water partition coefficient (Wildman–Crippen LogP) is 3.11. The van der Waals surface area contributed by atoms with E-state index >= 15 is 0 Å². The van der Waals surface area contributed by atoms with E-state index in [0.717, 1.165) is 16.3 Å². The second-order valence-electron chi connectivity index (χ2n) is 3.25. The third-order valence-corrected chi connectivity index (χ3v) is 2.44. The predicted molar refractivity (Wildman–Crippen MR) is 60.0 cm³/mol. The minimum atomic E-state index is 0.143. The summed E-state index contributed by atoms with van der Waals surface area (Å²) in [5.74, 6) is 0.716. The van der Waals surface area contributed by atoms with Gasteiger partial charge in [0.2, 0.25) is 0 Å². The van der Waals surface area contributed by atoms with E-state index in [9.17, 15) is 4.91 Å². The molecule has 0 aliphatic rings. The summed E-state index contributed by atoms with van der Waals surface area (Å²) in [5, 5.41) is 5.05. The van der Waals surface area contributed by atoms with Gasteiger partial charge < -0.3 is 4.74 Å². The third kappa shape index (κ3) is 1.68. The number of benzene rings is 2. The largest absolute Gasteiger partial charge is 0.496 e. The molecule has 3 heteroatoms. The molecule has 0 aliphatic carbocycles. The van der Waals surface area contributed by atoms with E-state index < -0.39 is 0 Å². The Morgan fingerprint density at radius 1 is 1.20 bits per heavy atom. The number of hydrogen-bond donors (Lipinski definition) is 0. The Morgan fingerprint density at radius 3 is 2.73 bits per heavy atom. The molecule has 0 saturated heterocycles. The molecule has 15 heavy (non-hydrogen) atoms. The molecule has 0 aliphatic heterocycles. The summed E-state index contributed by atoms with van der Waals surface area (Å²) in [6.45, 7) is 0.143. The number of rotatable bonds is 3. The van der Waals surface area contributed by atoms with Crippen molar-refractivity contribution in [1.82, 2.24) is 0 Å². The molecule has 0 heterocycles. The maximum absolute atomic E-state index is 10.4. The van der Waals surface area contributed by atoms with Gasteiger partial charge in [-0.05, 0) is 16.8 Å². The summed E-state index contributed by atoms with van der Waals surface area (Å²) >= 11 is 0. The Morgan fingerprint density at radius 2 is 2.00 bits per heavy atom. The first-order valence-corrected chi connectivity index (χ1v) is 4.70. The quantitative estimate of drug-likeness (QED) is 0.715. The van der Waals surface area contributed by atoms with E-state index in [-0.39, 0.29) is 6.54 Å². The first kappa shape index (κ1) is 9.65. The second kappa shape index (κ2) is 4.09. The van der Waals surface area contributed by atoms with Crippen molar-refractivity contribution < 1.29 is 4.74 Å². The lowest BCUT2D eigenvalue weighted by molar-refractivity contribution is 0.410. The molecular weight excluding hydrogens is 190 g/mol. The van der Waals surface area contributed by atoms with Crippen LogP contribution < -0.4 is 4.74 Å². The number of nitroso groups, excluding NO2 is 1. The highest BCUT2D eigenvalue weighted by Gasteiger charge is 2.07. The van der Waals surface area contributed by atoms with Gasteiger partial charge in [0.25, 0.3) is 0 Å². The summed E-state index contributed by atoms with van der Waals surface area (Å²) in [7, 11) is 1.60. The van der Waals surface area contributed by atoms with Crippen LogP contribution in [0.4, 0.5) is 0 Å². The Bertz CT molecular complexity index is 494. The molecule has 3 nitrogen and oxygen atoms in total. The lowest BCUT2D eigenvalue weighted by atomic mass is 10.0. The lowest BCUT2D eigenvalue weighted by Crippen LogP contribution is -1.92. The van der Waals surface area contributed by atoms with Crippen molar-refractivity contribution >= 4 is 10.8 Å². The van der Waals surface area contributed by atoms with Crippen LogP contribution in [-0.2, 0) is 6.54 Å². The fourth-order valence-electron chi connectivity index (χ4n) is 1.73. The van der Waals surface area contributed by atoms with Crippen LogP contribution in [0.5, 0.6) is 5.75 Å². The first-order valence-electron chi connectivity index (χ1n) is 4.70. The van der Waals surface area contributed by atoms with E-state index in [1.54, 1.807) is 7.11 Å². The number of fused-ring (bicyclic) bond motifs is 1. The van der Waals surface area contributed by atoms with E-state index in [0.29, 0.717) is 5.75 Å². The van der Waals surface area contributed by atoms with Crippen molar-refractivity contribution in [3.63, 3.8) is 0 Å². The zero-order chi connectivity index (χ0) is 10.7. The molecule has 0 amide bonds. The van der Waals surface area contributed by atoms with Gasteiger partial charge in [-0.15, -0.1) is 0 Å². The van der Waals surface area contributed by atoms with Gasteiger partial charge in [0, 0.05) is 5.56 Å². The van der Waals surface area contributed by atoms with Crippen molar-refractivity contribution in [1.29, 1.82) is 0 Å². The van der Waals surface area contributed by atoms with E-state index in [1.165, 1.54) is 0 Å². The molecule has 0 atom stereocenters. The van der Waals surface area contributed by atoms with Gasteiger partial charge in [-0.2, -0.15) is 4.91 Å². The van der Waals surface area contributed by atoms with E-state index in [2.05, 4.69) is 5.18 Å². The second-order valence-corrected chi connectivity index (χ2v) is 3.25. The minimum absolute atomic E-state index is 0.143. The number of methoxy groups -OCH3 is 1. The van der Waals surface area contributed by atoms with Crippen LogP contribution in [0.2, 0.25) is 0 Å². The van der Waals surface area contributed by atoms with Crippen LogP contribution in [0.25, 0.3) is 10.8 Å². The lowest BCUT2D eigenvalue weighted by Gasteiger charge is -2.08. The number of hydrogen-bond acceptors (Lipinski definition) is 3. The van der Waals surface area contributed by atoms with Gasteiger partial charge in [0.05, 0.1) is 7.11 Å². The zero-order valence-electron chi connectivity index (χ0n) is 8.43. The topological polar surface area (TPSA) is 38.7 Å². The van der Waals surface area contributed by atoms with Crippen LogP contribution in [0, 0.1) is 4.91 Å². The maximum Gasteiger partial charge on any atom is 0.124 e. The van der Waals surface area contributed by atoms with Crippen molar-refractivity contribution in [2.24, 2.45) is 5.18 Å². The Labute approximate surface area is 87.7 Å². The third-order valence-electron chi connectivity index (χ3n) is 2.44. The monoisotopic (exact) mass is 201 g/mol. The van der Waals surface area contributed by atoms with Crippen LogP contribution in [0.1, 0.15) is 5.56 Å². The highest BCUT2D eigenvalue weighted by molar-refractivity contribution is 5.87. The van der Waals surface area contributed by atoms with Crippen LogP contribution in [0.3, 0.4) is 0 Å². The smallest absolute Gasteiger partial charge is 0.124 e.